The number of fused-ring (bicyclic) bond motifs is 1. The Morgan fingerprint density at radius 3 is 2.69 bits per heavy atom. The van der Waals surface area contributed by atoms with Gasteiger partial charge in [0.25, 0.3) is 0 Å². The lowest BCUT2D eigenvalue weighted by Gasteiger charge is -2.03. The van der Waals surface area contributed by atoms with Crippen LogP contribution in [0.25, 0.3) is 10.9 Å². The van der Waals surface area contributed by atoms with Gasteiger partial charge in [0.15, 0.2) is 1.41 Å². The maximum absolute atomic E-state index is 7.90. The van der Waals surface area contributed by atoms with Crippen molar-refractivity contribution in [3.8, 4) is 11.5 Å². The summed E-state index contributed by atoms with van der Waals surface area (Å²) in [5, 5.41) is 1.11. The summed E-state index contributed by atoms with van der Waals surface area (Å²) in [4.78, 5) is 1.47. The van der Waals surface area contributed by atoms with Gasteiger partial charge in [-0.15, -0.1) is 5.54 Å². The Balaban J connectivity index is 2.50. The Morgan fingerprint density at radius 2 is 2.00 bits per heavy atom. The Bertz CT molecular complexity index is 623. The van der Waals surface area contributed by atoms with Crippen molar-refractivity contribution in [2.45, 2.75) is 26.6 Å². The van der Waals surface area contributed by atoms with Gasteiger partial charge in [-0.1, -0.05) is 31.6 Å². The highest BCUT2D eigenvalue weighted by atomic mass is 28.3. The number of aryl methyl sites for hydroxylation is 1. The predicted octanol–water partition coefficient (Wildman–Crippen LogP) is 3.71. The first-order valence-corrected chi connectivity index (χ1v) is 9.01. The first-order valence-electron chi connectivity index (χ1n) is 5.96. The third kappa shape index (κ3) is 2.56. The molecule has 0 atom stereocenters. The average Bonchev–Trinajstić information content (AvgIpc) is 2.51. The van der Waals surface area contributed by atoms with Crippen LogP contribution in [0.2, 0.25) is 21.1 Å². The van der Waals surface area contributed by atoms with Crippen molar-refractivity contribution in [2.75, 3.05) is 0 Å². The fraction of sp³-hybridized carbons (Fsp3) is 0.286. The van der Waals surface area contributed by atoms with Crippen molar-refractivity contribution >= 4 is 19.0 Å². The molecule has 0 amide bonds. The van der Waals surface area contributed by atoms with Crippen molar-refractivity contribution in [1.29, 1.82) is 0 Å². The minimum atomic E-state index is -1.33. The lowest BCUT2D eigenvalue weighted by molar-refractivity contribution is 1.30. The van der Waals surface area contributed by atoms with Gasteiger partial charge in [-0.05, 0) is 30.5 Å². The number of hydrogen-bond donors (Lipinski definition) is 1. The van der Waals surface area contributed by atoms with Gasteiger partial charge in [0.2, 0.25) is 0 Å². The van der Waals surface area contributed by atoms with Gasteiger partial charge in [0.1, 0.15) is 8.07 Å². The largest absolute Gasteiger partial charge is 0.359 e. The van der Waals surface area contributed by atoms with E-state index < -0.39 is 8.07 Å². The minimum Gasteiger partial charge on any atom is -0.359 e. The normalized spacial score (nSPS) is 12.1. The van der Waals surface area contributed by atoms with Crippen LogP contribution in [0.5, 0.6) is 0 Å². The van der Waals surface area contributed by atoms with E-state index in [1.54, 1.807) is 0 Å². The quantitative estimate of drug-likeness (QED) is 0.523. The molecule has 1 aromatic carbocycles. The van der Waals surface area contributed by atoms with E-state index in [9.17, 15) is 0 Å². The van der Waals surface area contributed by atoms with Crippen LogP contribution >= 0.6 is 0 Å². The lowest BCUT2D eigenvalue weighted by atomic mass is 10.2. The van der Waals surface area contributed by atoms with Gasteiger partial charge >= 0.3 is 0 Å². The van der Waals surface area contributed by atoms with E-state index in [1.807, 2.05) is 31.2 Å². The summed E-state index contributed by atoms with van der Waals surface area (Å²) < 4.78 is 7.90. The van der Waals surface area contributed by atoms with Crippen molar-refractivity contribution in [3.63, 3.8) is 0 Å². The van der Waals surface area contributed by atoms with E-state index in [0.29, 0.717) is 0 Å². The molecule has 0 radical (unpaired) electrons. The number of rotatable bonds is 0. The molecule has 0 spiro atoms. The molecule has 0 fully saturated rings. The molecule has 0 saturated carbocycles. The molecule has 1 nitrogen and oxygen atoms in total. The molecule has 0 saturated heterocycles. The number of aromatic nitrogens is 1. The van der Waals surface area contributed by atoms with Gasteiger partial charge < -0.3 is 4.98 Å². The third-order valence-electron chi connectivity index (χ3n) is 2.27. The molecule has 0 bridgehead atoms. The summed E-state index contributed by atoms with van der Waals surface area (Å²) in [5.41, 5.74) is 6.24. The summed E-state index contributed by atoms with van der Waals surface area (Å²) in [5.74, 6) is 3.23. The maximum atomic E-state index is 7.90. The topological polar surface area (TPSA) is 15.8 Å². The van der Waals surface area contributed by atoms with Crippen molar-refractivity contribution in [1.82, 2.24) is 4.98 Å². The van der Waals surface area contributed by atoms with Crippen LogP contribution in [0.3, 0.4) is 0 Å². The SMILES string of the molecule is [2H]n1c(C)cc2ccc(C#C[Si](C)(C)C)cc21. The Kier molecular flexibility index (Phi) is 2.34. The summed E-state index contributed by atoms with van der Waals surface area (Å²) >= 11 is 0. The molecule has 2 heteroatoms. The minimum absolute atomic E-state index is 0.935. The molecule has 0 aliphatic carbocycles. The zero-order chi connectivity index (χ0) is 12.6. The van der Waals surface area contributed by atoms with Gasteiger partial charge in [0, 0.05) is 16.8 Å². The third-order valence-corrected chi connectivity index (χ3v) is 3.15. The average molecular weight is 228 g/mol. The molecule has 2 rings (SSSR count). The van der Waals surface area contributed by atoms with Crippen LogP contribution in [0.4, 0.5) is 0 Å². The molecule has 0 aliphatic heterocycles. The fourth-order valence-corrected chi connectivity index (χ4v) is 2.07. The monoisotopic (exact) mass is 228 g/mol. The summed E-state index contributed by atoms with van der Waals surface area (Å²) in [6, 6.07) is 8.11. The zero-order valence-corrected chi connectivity index (χ0v) is 11.3. The number of nitrogens with one attached hydrogen (secondary N) is 1. The number of hydrogen-bond acceptors (Lipinski definition) is 0. The highest BCUT2D eigenvalue weighted by molar-refractivity contribution is 6.83. The van der Waals surface area contributed by atoms with E-state index >= 15 is 0 Å². The second kappa shape index (κ2) is 3.84. The molecular formula is C14H17NSi. The van der Waals surface area contributed by atoms with Crippen molar-refractivity contribution in [2.24, 2.45) is 0 Å². The standard InChI is InChI=1S/C14H17NSi/c1-11-9-13-6-5-12(10-14(13)15-11)7-8-16(2,3)4/h5-6,9-10,15H,1-4H3/i/hD. The molecular weight excluding hydrogens is 210 g/mol. The highest BCUT2D eigenvalue weighted by Gasteiger charge is 2.07. The number of aromatic amines is 1. The van der Waals surface area contributed by atoms with Crippen LogP contribution in [-0.4, -0.2) is 13.1 Å². The molecule has 0 aliphatic rings. The molecule has 0 unspecified atom stereocenters. The second-order valence-electron chi connectivity index (χ2n) is 5.17. The van der Waals surface area contributed by atoms with E-state index in [4.69, 9.17) is 1.41 Å². The smallest absolute Gasteiger partial charge is 0.166 e. The Morgan fingerprint density at radius 1 is 1.25 bits per heavy atom. The van der Waals surface area contributed by atoms with E-state index in [1.165, 1.54) is 4.98 Å². The van der Waals surface area contributed by atoms with E-state index in [-0.39, 0.29) is 0 Å². The zero-order valence-electron chi connectivity index (χ0n) is 11.3. The number of H-pyrrole nitrogens is 1. The van der Waals surface area contributed by atoms with Gasteiger partial charge in [-0.25, -0.2) is 0 Å². The Labute approximate surface area is 99.4 Å². The Hall–Kier alpha value is -1.46. The van der Waals surface area contributed by atoms with Crippen molar-refractivity contribution < 1.29 is 1.41 Å². The lowest BCUT2D eigenvalue weighted by Crippen LogP contribution is -2.16. The first kappa shape index (κ1) is 9.74. The molecule has 1 heterocycles. The van der Waals surface area contributed by atoms with Gasteiger partial charge in [0.05, 0.1) is 0 Å². The maximum Gasteiger partial charge on any atom is 0.166 e. The van der Waals surface area contributed by atoms with Gasteiger partial charge in [-0.3, -0.25) is 0 Å². The molecule has 82 valence electrons. The van der Waals surface area contributed by atoms with Crippen LogP contribution in [0, 0.1) is 18.4 Å². The fourth-order valence-electron chi connectivity index (χ4n) is 1.55. The summed E-state index contributed by atoms with van der Waals surface area (Å²) in [6.07, 6.45) is 0. The van der Waals surface area contributed by atoms with Crippen LogP contribution in [0.15, 0.2) is 24.3 Å². The van der Waals surface area contributed by atoms with Crippen LogP contribution in [-0.2, 0) is 0 Å². The molecule has 16 heavy (non-hydrogen) atoms. The van der Waals surface area contributed by atoms with E-state index in [0.717, 1.165) is 22.2 Å². The first-order chi connectivity index (χ1) is 7.87. The van der Waals surface area contributed by atoms with Gasteiger partial charge in [-0.2, -0.15) is 0 Å². The molecule has 2 aromatic rings. The van der Waals surface area contributed by atoms with Crippen LogP contribution in [0.1, 0.15) is 11.3 Å². The highest BCUT2D eigenvalue weighted by Crippen LogP contribution is 2.16. The molecule has 1 aromatic heterocycles. The second-order valence-corrected chi connectivity index (χ2v) is 9.92. The predicted molar refractivity (Wildman–Crippen MR) is 73.3 cm³/mol. The van der Waals surface area contributed by atoms with Crippen LogP contribution < -0.4 is 0 Å². The summed E-state index contributed by atoms with van der Waals surface area (Å²) in [6.45, 7) is 8.64. The summed E-state index contributed by atoms with van der Waals surface area (Å²) in [7, 11) is -1.33. The number of benzene rings is 1. The van der Waals surface area contributed by atoms with E-state index in [2.05, 4.69) is 31.1 Å². The van der Waals surface area contributed by atoms with Crippen molar-refractivity contribution in [3.05, 3.63) is 35.5 Å². The molecule has 1 N–H and O–H groups in total.